The molecule has 0 bridgehead atoms. The van der Waals surface area contributed by atoms with Crippen LogP contribution in [0.5, 0.6) is 0 Å². The minimum absolute atomic E-state index is 0.0800. The van der Waals surface area contributed by atoms with Gasteiger partial charge in [-0.2, -0.15) is 9.97 Å². The zero-order valence-electron chi connectivity index (χ0n) is 17.5. The number of unbranched alkanes of at least 4 members (excludes halogenated alkanes) is 1. The zero-order valence-corrected chi connectivity index (χ0v) is 19.0. The van der Waals surface area contributed by atoms with Gasteiger partial charge in [0.1, 0.15) is 0 Å². The molecule has 0 aliphatic rings. The molecule has 3 heterocycles. The van der Waals surface area contributed by atoms with Crippen molar-refractivity contribution in [3.05, 3.63) is 72.7 Å². The molecule has 32 heavy (non-hydrogen) atoms. The molecule has 1 N–H and O–H groups in total. The minimum atomic E-state index is -0.443. The molecule has 4 aromatic rings. The van der Waals surface area contributed by atoms with Crippen molar-refractivity contribution in [2.45, 2.75) is 52.1 Å². The van der Waals surface area contributed by atoms with Crippen LogP contribution in [0.1, 0.15) is 43.5 Å². The van der Waals surface area contributed by atoms with Crippen molar-refractivity contribution in [2.24, 2.45) is 0 Å². The molecule has 0 fully saturated rings. The molecule has 168 valence electrons. The first-order valence-electron chi connectivity index (χ1n) is 10.4. The predicted octanol–water partition coefficient (Wildman–Crippen LogP) is 3.60. The highest BCUT2D eigenvalue weighted by Gasteiger charge is 2.17. The summed E-state index contributed by atoms with van der Waals surface area (Å²) in [4.78, 5) is 37.1. The molecule has 11 heteroatoms. The van der Waals surface area contributed by atoms with Crippen LogP contribution in [0.4, 0.5) is 0 Å². The van der Waals surface area contributed by atoms with Gasteiger partial charge in [0.05, 0.1) is 0 Å². The number of nitrogens with one attached hydrogen (secondary N) is 1. The van der Waals surface area contributed by atoms with Crippen LogP contribution < -0.4 is 11.2 Å². The average molecular weight is 477 g/mol. The van der Waals surface area contributed by atoms with Crippen molar-refractivity contribution in [1.82, 2.24) is 29.2 Å². The quantitative estimate of drug-likeness (QED) is 0.369. The van der Waals surface area contributed by atoms with Gasteiger partial charge in [0, 0.05) is 31.0 Å². The molecule has 0 radical (unpaired) electrons. The first-order valence-corrected chi connectivity index (χ1v) is 11.2. The van der Waals surface area contributed by atoms with Gasteiger partial charge in [0.25, 0.3) is 5.56 Å². The fraction of sp³-hybridized carbons (Fsp3) is 0.381. The third-order valence-corrected chi connectivity index (χ3v) is 5.70. The lowest BCUT2D eigenvalue weighted by Crippen LogP contribution is -2.40. The second-order valence-corrected chi connectivity index (χ2v) is 8.21. The summed E-state index contributed by atoms with van der Waals surface area (Å²) in [6.45, 7) is 2.70. The second kappa shape index (κ2) is 9.70. The Bertz CT molecular complexity index is 1350. The van der Waals surface area contributed by atoms with E-state index in [2.05, 4.69) is 20.1 Å². The summed E-state index contributed by atoms with van der Waals surface area (Å²) >= 11 is 12.1. The number of hydrogen-bond acceptors (Lipinski definition) is 6. The maximum Gasteiger partial charge on any atom is 0.332 e. The lowest BCUT2D eigenvalue weighted by Gasteiger charge is -2.10. The highest BCUT2D eigenvalue weighted by atomic mass is 35.5. The number of rotatable bonds is 9. The molecule has 0 saturated carbocycles. The summed E-state index contributed by atoms with van der Waals surface area (Å²) in [5, 5.41) is 4.72. The summed E-state index contributed by atoms with van der Waals surface area (Å²) in [5.41, 5.74) is 0.583. The van der Waals surface area contributed by atoms with Crippen molar-refractivity contribution in [2.75, 3.05) is 0 Å². The Hall–Kier alpha value is -2.91. The summed E-state index contributed by atoms with van der Waals surface area (Å²) in [5.74, 6) is 0.970. The Morgan fingerprint density at radius 2 is 1.84 bits per heavy atom. The highest BCUT2D eigenvalue weighted by molar-refractivity contribution is 6.31. The van der Waals surface area contributed by atoms with Crippen molar-refractivity contribution in [3.8, 4) is 0 Å². The van der Waals surface area contributed by atoms with E-state index in [0.29, 0.717) is 42.5 Å². The van der Waals surface area contributed by atoms with Crippen LogP contribution in [0.15, 0.2) is 38.4 Å². The minimum Gasteiger partial charge on any atom is -0.339 e. The first kappa shape index (κ1) is 22.3. The van der Waals surface area contributed by atoms with Crippen LogP contribution in [-0.4, -0.2) is 29.2 Å². The molecular weight excluding hydrogens is 455 g/mol. The van der Waals surface area contributed by atoms with Crippen LogP contribution in [0.3, 0.4) is 0 Å². The molecular formula is C21H22Cl2N6O3. The van der Waals surface area contributed by atoms with Gasteiger partial charge >= 0.3 is 5.69 Å². The van der Waals surface area contributed by atoms with E-state index >= 15 is 0 Å². The number of benzene rings is 1. The van der Waals surface area contributed by atoms with Crippen molar-refractivity contribution in [1.29, 1.82) is 0 Å². The predicted molar refractivity (Wildman–Crippen MR) is 121 cm³/mol. The van der Waals surface area contributed by atoms with Gasteiger partial charge in [-0.25, -0.2) is 4.79 Å². The number of aromatic amines is 1. The van der Waals surface area contributed by atoms with Gasteiger partial charge in [0.2, 0.25) is 11.2 Å². The first-order chi connectivity index (χ1) is 15.5. The molecule has 0 atom stereocenters. The summed E-state index contributed by atoms with van der Waals surface area (Å²) in [6, 6.07) is 7.48. The molecule has 1 aromatic carbocycles. The van der Waals surface area contributed by atoms with E-state index in [4.69, 9.17) is 27.7 Å². The highest BCUT2D eigenvalue weighted by Crippen LogP contribution is 2.18. The van der Waals surface area contributed by atoms with E-state index in [1.54, 1.807) is 0 Å². The van der Waals surface area contributed by atoms with E-state index in [1.165, 1.54) is 9.13 Å². The number of nitrogens with zero attached hydrogens (tertiary/aromatic N) is 5. The molecule has 4 rings (SSSR count). The third-order valence-electron chi connectivity index (χ3n) is 5.16. The Morgan fingerprint density at radius 1 is 1.06 bits per heavy atom. The number of halogens is 2. The third kappa shape index (κ3) is 4.63. The molecule has 0 aliphatic carbocycles. The standard InChI is InChI=1S/C21H22Cl2N6O3/c1-2-3-10-28-18-17(25-20(23)26-18)19(30)29(21(28)31)11-6-9-16-24-15(27-32-16)12-13-7-4-5-8-14(13)22/h4-5,7-8H,2-3,6,9-12H2,1H3,(H,25,26). The molecule has 0 aliphatic heterocycles. The van der Waals surface area contributed by atoms with Gasteiger partial charge < -0.3 is 9.51 Å². The molecule has 0 amide bonds. The second-order valence-electron chi connectivity index (χ2n) is 7.45. The smallest absolute Gasteiger partial charge is 0.332 e. The van der Waals surface area contributed by atoms with Gasteiger partial charge in [-0.05, 0) is 36.1 Å². The Balaban J connectivity index is 1.49. The van der Waals surface area contributed by atoms with Crippen LogP contribution in [0, 0.1) is 0 Å². The summed E-state index contributed by atoms with van der Waals surface area (Å²) < 4.78 is 8.02. The SMILES string of the molecule is CCCCn1c(=O)n(CCCc2nc(Cc3ccccc3Cl)no2)c(=O)c2[nH]c(Cl)nc21. The number of aromatic nitrogens is 6. The van der Waals surface area contributed by atoms with E-state index in [-0.39, 0.29) is 23.0 Å². The number of aryl methyl sites for hydroxylation is 2. The monoisotopic (exact) mass is 476 g/mol. The summed E-state index contributed by atoms with van der Waals surface area (Å²) in [7, 11) is 0. The normalized spacial score (nSPS) is 11.5. The average Bonchev–Trinajstić information content (AvgIpc) is 3.38. The van der Waals surface area contributed by atoms with Gasteiger partial charge in [-0.15, -0.1) is 0 Å². The van der Waals surface area contributed by atoms with Crippen molar-refractivity contribution in [3.63, 3.8) is 0 Å². The fourth-order valence-electron chi connectivity index (χ4n) is 3.52. The van der Waals surface area contributed by atoms with E-state index in [1.807, 2.05) is 31.2 Å². The van der Waals surface area contributed by atoms with Crippen LogP contribution >= 0.6 is 23.2 Å². The van der Waals surface area contributed by atoms with E-state index in [9.17, 15) is 9.59 Å². The Morgan fingerprint density at radius 3 is 2.62 bits per heavy atom. The number of imidazole rings is 1. The van der Waals surface area contributed by atoms with Crippen molar-refractivity contribution >= 4 is 34.4 Å². The van der Waals surface area contributed by atoms with Gasteiger partial charge in [-0.1, -0.05) is 48.3 Å². The zero-order chi connectivity index (χ0) is 22.7. The molecule has 0 unspecified atom stereocenters. The molecule has 3 aromatic heterocycles. The number of H-pyrrole nitrogens is 1. The molecule has 0 saturated heterocycles. The van der Waals surface area contributed by atoms with Gasteiger partial charge in [-0.3, -0.25) is 13.9 Å². The maximum absolute atomic E-state index is 13.0. The molecule has 0 spiro atoms. The summed E-state index contributed by atoms with van der Waals surface area (Å²) in [6.07, 6.45) is 3.05. The largest absolute Gasteiger partial charge is 0.339 e. The van der Waals surface area contributed by atoms with Crippen LogP contribution in [-0.2, 0) is 25.9 Å². The Labute approximate surface area is 193 Å². The van der Waals surface area contributed by atoms with Crippen LogP contribution in [0.2, 0.25) is 10.3 Å². The topological polar surface area (TPSA) is 112 Å². The fourth-order valence-corrected chi connectivity index (χ4v) is 3.89. The lowest BCUT2D eigenvalue weighted by molar-refractivity contribution is 0.367. The maximum atomic E-state index is 13.0. The van der Waals surface area contributed by atoms with E-state index < -0.39 is 11.2 Å². The van der Waals surface area contributed by atoms with Crippen LogP contribution in [0.25, 0.3) is 11.2 Å². The van der Waals surface area contributed by atoms with E-state index in [0.717, 1.165) is 18.4 Å². The molecule has 9 nitrogen and oxygen atoms in total. The van der Waals surface area contributed by atoms with Crippen molar-refractivity contribution < 1.29 is 4.52 Å². The lowest BCUT2D eigenvalue weighted by atomic mass is 10.1. The Kier molecular flexibility index (Phi) is 6.76. The number of hydrogen-bond donors (Lipinski definition) is 1. The number of fused-ring (bicyclic) bond motifs is 1. The van der Waals surface area contributed by atoms with Gasteiger partial charge in [0.15, 0.2) is 17.0 Å².